The van der Waals surface area contributed by atoms with Crippen LogP contribution < -0.4 is 4.72 Å². The van der Waals surface area contributed by atoms with Crippen molar-refractivity contribution in [3.05, 3.63) is 12.4 Å². The van der Waals surface area contributed by atoms with Gasteiger partial charge in [-0.05, 0) is 0 Å². The number of rotatable bonds is 5. The van der Waals surface area contributed by atoms with E-state index in [2.05, 4.69) is 9.82 Å². The van der Waals surface area contributed by atoms with Gasteiger partial charge in [-0.1, -0.05) is 0 Å². The molecule has 2 N–H and O–H groups in total. The second-order valence-electron chi connectivity index (χ2n) is 2.89. The van der Waals surface area contributed by atoms with Crippen LogP contribution in [0.5, 0.6) is 0 Å². The highest BCUT2D eigenvalue weighted by molar-refractivity contribution is 7.89. The highest BCUT2D eigenvalue weighted by atomic mass is 32.2. The summed E-state index contributed by atoms with van der Waals surface area (Å²) in [5, 5.41) is 12.0. The number of aromatic nitrogens is 2. The van der Waals surface area contributed by atoms with Gasteiger partial charge in [-0.2, -0.15) is 5.10 Å². The fraction of sp³-hybridized carbons (Fsp3) is 0.429. The number of nitrogens with zero attached hydrogens (tertiary/aromatic N) is 2. The molecule has 0 aromatic carbocycles. The zero-order valence-electron chi connectivity index (χ0n) is 8.04. The van der Waals surface area contributed by atoms with E-state index >= 15 is 0 Å². The fourth-order valence-electron chi connectivity index (χ4n) is 0.913. The quantitative estimate of drug-likeness (QED) is 0.691. The lowest BCUT2D eigenvalue weighted by molar-refractivity contribution is -0.136. The van der Waals surface area contributed by atoms with Crippen molar-refractivity contribution in [3.8, 4) is 0 Å². The second kappa shape index (κ2) is 4.41. The molecule has 15 heavy (non-hydrogen) atoms. The van der Waals surface area contributed by atoms with Crippen LogP contribution in [-0.2, 0) is 21.9 Å². The first-order valence-electron chi connectivity index (χ1n) is 4.12. The minimum Gasteiger partial charge on any atom is -0.481 e. The Morgan fingerprint density at radius 1 is 1.67 bits per heavy atom. The lowest BCUT2D eigenvalue weighted by Gasteiger charge is -2.01. The van der Waals surface area contributed by atoms with Gasteiger partial charge in [0, 0.05) is 19.8 Å². The maximum Gasteiger partial charge on any atom is 0.304 e. The predicted molar refractivity (Wildman–Crippen MR) is 50.6 cm³/mol. The molecule has 0 fully saturated rings. The fourth-order valence-corrected chi connectivity index (χ4v) is 1.93. The molecule has 0 aliphatic carbocycles. The molecule has 1 heterocycles. The van der Waals surface area contributed by atoms with Crippen LogP contribution in [0.1, 0.15) is 6.42 Å². The lowest BCUT2D eigenvalue weighted by atomic mass is 10.5. The third kappa shape index (κ3) is 3.33. The molecule has 1 aromatic heterocycles. The zero-order valence-corrected chi connectivity index (χ0v) is 8.86. The zero-order chi connectivity index (χ0) is 11.5. The Morgan fingerprint density at radius 3 is 2.80 bits per heavy atom. The van der Waals surface area contributed by atoms with Crippen molar-refractivity contribution in [2.24, 2.45) is 7.05 Å². The largest absolute Gasteiger partial charge is 0.481 e. The van der Waals surface area contributed by atoms with Crippen LogP contribution in [-0.4, -0.2) is 35.8 Å². The SMILES string of the molecule is Cn1cc(S(=O)(=O)NCCC(=O)O)cn1. The summed E-state index contributed by atoms with van der Waals surface area (Å²) in [5.41, 5.74) is 0. The van der Waals surface area contributed by atoms with Crippen molar-refractivity contribution in [2.75, 3.05) is 6.54 Å². The van der Waals surface area contributed by atoms with E-state index in [1.807, 2.05) is 0 Å². The summed E-state index contributed by atoms with van der Waals surface area (Å²) in [4.78, 5) is 10.2. The third-order valence-corrected chi connectivity index (χ3v) is 3.04. The average molecular weight is 233 g/mol. The third-order valence-electron chi connectivity index (χ3n) is 1.62. The van der Waals surface area contributed by atoms with Crippen LogP contribution in [0, 0.1) is 0 Å². The van der Waals surface area contributed by atoms with Crippen molar-refractivity contribution >= 4 is 16.0 Å². The van der Waals surface area contributed by atoms with Crippen LogP contribution >= 0.6 is 0 Å². The number of hydrogen-bond acceptors (Lipinski definition) is 4. The Kier molecular flexibility index (Phi) is 3.43. The maximum absolute atomic E-state index is 11.5. The average Bonchev–Trinajstić information content (AvgIpc) is 2.51. The molecule has 0 bridgehead atoms. The molecule has 1 rings (SSSR count). The predicted octanol–water partition coefficient (Wildman–Crippen LogP) is -0.827. The van der Waals surface area contributed by atoms with E-state index in [0.29, 0.717) is 0 Å². The number of aryl methyl sites for hydroxylation is 1. The summed E-state index contributed by atoms with van der Waals surface area (Å²) >= 11 is 0. The van der Waals surface area contributed by atoms with Gasteiger partial charge < -0.3 is 5.11 Å². The van der Waals surface area contributed by atoms with Gasteiger partial charge >= 0.3 is 5.97 Å². The molecule has 8 heteroatoms. The van der Waals surface area contributed by atoms with Gasteiger partial charge in [0.2, 0.25) is 10.0 Å². The molecule has 0 atom stereocenters. The van der Waals surface area contributed by atoms with Crippen LogP contribution in [0.15, 0.2) is 17.3 Å². The first kappa shape index (κ1) is 11.7. The monoisotopic (exact) mass is 233 g/mol. The molecular weight excluding hydrogens is 222 g/mol. The van der Waals surface area contributed by atoms with Crippen LogP contribution in [0.3, 0.4) is 0 Å². The summed E-state index contributed by atoms with van der Waals surface area (Å²) < 4.78 is 26.5. The van der Waals surface area contributed by atoms with Crippen molar-refractivity contribution in [3.63, 3.8) is 0 Å². The Balaban J connectivity index is 2.64. The number of nitrogens with one attached hydrogen (secondary N) is 1. The van der Waals surface area contributed by atoms with Crippen molar-refractivity contribution in [1.29, 1.82) is 0 Å². The summed E-state index contributed by atoms with van der Waals surface area (Å²) in [6, 6.07) is 0. The summed E-state index contributed by atoms with van der Waals surface area (Å²) in [6.45, 7) is -0.132. The summed E-state index contributed by atoms with van der Waals surface area (Å²) in [5.74, 6) is -1.05. The van der Waals surface area contributed by atoms with Gasteiger partial charge in [-0.3, -0.25) is 9.48 Å². The van der Waals surface area contributed by atoms with E-state index in [1.165, 1.54) is 17.1 Å². The number of carboxylic acids is 1. The van der Waals surface area contributed by atoms with E-state index in [9.17, 15) is 13.2 Å². The van der Waals surface area contributed by atoms with Gasteiger partial charge in [0.1, 0.15) is 4.90 Å². The molecule has 0 radical (unpaired) electrons. The normalized spacial score (nSPS) is 11.5. The van der Waals surface area contributed by atoms with E-state index in [0.717, 1.165) is 0 Å². The Morgan fingerprint density at radius 2 is 2.33 bits per heavy atom. The number of hydrogen-bond donors (Lipinski definition) is 2. The van der Waals surface area contributed by atoms with Crippen LogP contribution in [0.2, 0.25) is 0 Å². The molecule has 1 aromatic rings. The van der Waals surface area contributed by atoms with E-state index in [1.54, 1.807) is 7.05 Å². The molecule has 84 valence electrons. The number of sulfonamides is 1. The van der Waals surface area contributed by atoms with Gasteiger partial charge in [-0.15, -0.1) is 0 Å². The first-order valence-corrected chi connectivity index (χ1v) is 5.60. The number of carbonyl (C=O) groups is 1. The maximum atomic E-state index is 11.5. The van der Waals surface area contributed by atoms with Gasteiger partial charge in [0.05, 0.1) is 12.6 Å². The van der Waals surface area contributed by atoms with Gasteiger partial charge in [0.15, 0.2) is 0 Å². The number of carboxylic acid groups (broad SMARTS) is 1. The topological polar surface area (TPSA) is 101 Å². The molecule has 0 spiro atoms. The molecule has 0 unspecified atom stereocenters. The highest BCUT2D eigenvalue weighted by Crippen LogP contribution is 2.05. The molecule has 0 aliphatic heterocycles. The van der Waals surface area contributed by atoms with E-state index in [4.69, 9.17) is 5.11 Å². The highest BCUT2D eigenvalue weighted by Gasteiger charge is 2.15. The standard InChI is InChI=1S/C7H11N3O4S/c1-10-5-6(4-8-10)15(13,14)9-3-2-7(11)12/h4-5,9H,2-3H2,1H3,(H,11,12). The van der Waals surface area contributed by atoms with Crippen molar-refractivity contribution in [1.82, 2.24) is 14.5 Å². The van der Waals surface area contributed by atoms with E-state index in [-0.39, 0.29) is 17.9 Å². The van der Waals surface area contributed by atoms with Gasteiger partial charge in [-0.25, -0.2) is 13.1 Å². The minimum atomic E-state index is -3.63. The summed E-state index contributed by atoms with van der Waals surface area (Å²) in [7, 11) is -2.04. The van der Waals surface area contributed by atoms with Crippen molar-refractivity contribution in [2.45, 2.75) is 11.3 Å². The molecule has 0 saturated heterocycles. The smallest absolute Gasteiger partial charge is 0.304 e. The lowest BCUT2D eigenvalue weighted by Crippen LogP contribution is -2.25. The Bertz CT molecular complexity index is 451. The molecule has 0 amide bonds. The van der Waals surface area contributed by atoms with Crippen LogP contribution in [0.25, 0.3) is 0 Å². The van der Waals surface area contributed by atoms with E-state index < -0.39 is 16.0 Å². The Labute approximate surface area is 86.8 Å². The molecular formula is C7H11N3O4S. The number of aliphatic carboxylic acids is 1. The first-order chi connectivity index (χ1) is 6.92. The molecule has 0 aliphatic rings. The summed E-state index contributed by atoms with van der Waals surface area (Å²) in [6.07, 6.45) is 2.28. The Hall–Kier alpha value is -1.41. The minimum absolute atomic E-state index is 0.0235. The molecule has 0 saturated carbocycles. The van der Waals surface area contributed by atoms with Crippen molar-refractivity contribution < 1.29 is 18.3 Å². The second-order valence-corrected chi connectivity index (χ2v) is 4.66. The van der Waals surface area contributed by atoms with Gasteiger partial charge in [0.25, 0.3) is 0 Å². The van der Waals surface area contributed by atoms with Crippen LogP contribution in [0.4, 0.5) is 0 Å². The molecule has 7 nitrogen and oxygen atoms in total.